The van der Waals surface area contributed by atoms with Crippen LogP contribution in [0.1, 0.15) is 44.5 Å². The van der Waals surface area contributed by atoms with Gasteiger partial charge < -0.3 is 19.1 Å². The van der Waals surface area contributed by atoms with Crippen molar-refractivity contribution in [3.63, 3.8) is 0 Å². The van der Waals surface area contributed by atoms with Gasteiger partial charge in [-0.25, -0.2) is 4.98 Å². The summed E-state index contributed by atoms with van der Waals surface area (Å²) in [5.41, 5.74) is 0. The molecule has 0 N–H and O–H groups in total. The number of carbonyl (C=O) groups is 2. The molecule has 2 aliphatic heterocycles. The Bertz CT molecular complexity index is 616. The molecule has 0 radical (unpaired) electrons. The van der Waals surface area contributed by atoms with E-state index in [1.807, 2.05) is 27.5 Å². The summed E-state index contributed by atoms with van der Waals surface area (Å²) in [4.78, 5) is 33.1. The Morgan fingerprint density at radius 1 is 1.15 bits per heavy atom. The number of imidazole rings is 1. The first-order valence-electron chi connectivity index (χ1n) is 9.67. The minimum Gasteiger partial charge on any atom is -0.378 e. The number of carbonyl (C=O) groups excluding carboxylic acids is 2. The summed E-state index contributed by atoms with van der Waals surface area (Å²) < 4.78 is 7.35. The van der Waals surface area contributed by atoms with E-state index in [2.05, 4.69) is 11.9 Å². The Morgan fingerprint density at radius 3 is 2.42 bits per heavy atom. The maximum absolute atomic E-state index is 12.6. The van der Waals surface area contributed by atoms with Gasteiger partial charge in [-0.1, -0.05) is 0 Å². The third-order valence-corrected chi connectivity index (χ3v) is 5.60. The summed E-state index contributed by atoms with van der Waals surface area (Å²) in [5.74, 6) is 1.76. The minimum absolute atomic E-state index is 0.116. The summed E-state index contributed by atoms with van der Waals surface area (Å²) >= 11 is 0. The molecule has 26 heavy (non-hydrogen) atoms. The van der Waals surface area contributed by atoms with Crippen molar-refractivity contribution in [3.05, 3.63) is 18.2 Å². The van der Waals surface area contributed by atoms with Gasteiger partial charge in [0, 0.05) is 57.5 Å². The van der Waals surface area contributed by atoms with Gasteiger partial charge >= 0.3 is 0 Å². The normalized spacial score (nSPS) is 20.2. The van der Waals surface area contributed by atoms with Gasteiger partial charge in [-0.05, 0) is 32.6 Å². The number of piperidine rings is 1. The van der Waals surface area contributed by atoms with Crippen LogP contribution in [0.25, 0.3) is 0 Å². The van der Waals surface area contributed by atoms with E-state index in [1.54, 1.807) is 6.20 Å². The maximum Gasteiger partial charge on any atom is 0.224 e. The zero-order valence-electron chi connectivity index (χ0n) is 15.9. The fourth-order valence-electron chi connectivity index (χ4n) is 3.91. The monoisotopic (exact) mass is 362 g/mol. The van der Waals surface area contributed by atoms with Gasteiger partial charge in [0.1, 0.15) is 5.82 Å². The van der Waals surface area contributed by atoms with Crippen molar-refractivity contribution >= 4 is 11.8 Å². The lowest BCUT2D eigenvalue weighted by Crippen LogP contribution is -2.43. The molecule has 2 saturated heterocycles. The van der Waals surface area contributed by atoms with Gasteiger partial charge in [0.2, 0.25) is 11.8 Å². The molecule has 144 valence electrons. The zero-order valence-corrected chi connectivity index (χ0v) is 15.9. The lowest BCUT2D eigenvalue weighted by Gasteiger charge is -2.34. The third-order valence-electron chi connectivity index (χ3n) is 5.60. The summed E-state index contributed by atoms with van der Waals surface area (Å²) in [7, 11) is 0. The first kappa shape index (κ1) is 18.9. The van der Waals surface area contributed by atoms with Crippen molar-refractivity contribution in [3.8, 4) is 0 Å². The molecule has 2 fully saturated rings. The van der Waals surface area contributed by atoms with E-state index in [-0.39, 0.29) is 17.9 Å². The Balaban J connectivity index is 1.42. The van der Waals surface area contributed by atoms with Crippen LogP contribution in [0.3, 0.4) is 0 Å². The van der Waals surface area contributed by atoms with E-state index in [0.717, 1.165) is 31.8 Å². The summed E-state index contributed by atoms with van der Waals surface area (Å²) in [6.07, 6.45) is 6.63. The molecule has 0 saturated carbocycles. The highest BCUT2D eigenvalue weighted by atomic mass is 16.5. The molecule has 1 atom stereocenters. The van der Waals surface area contributed by atoms with E-state index in [1.165, 1.54) is 0 Å². The number of morpholine rings is 1. The van der Waals surface area contributed by atoms with Crippen LogP contribution in [0.4, 0.5) is 0 Å². The van der Waals surface area contributed by atoms with Crippen molar-refractivity contribution in [2.75, 3.05) is 39.4 Å². The van der Waals surface area contributed by atoms with Crippen LogP contribution in [-0.4, -0.2) is 70.6 Å². The van der Waals surface area contributed by atoms with Crippen molar-refractivity contribution in [1.82, 2.24) is 19.4 Å². The van der Waals surface area contributed by atoms with Crippen LogP contribution in [0, 0.1) is 12.8 Å². The molecule has 2 aliphatic rings. The quantitative estimate of drug-likeness (QED) is 0.798. The van der Waals surface area contributed by atoms with Crippen molar-refractivity contribution < 1.29 is 14.3 Å². The molecule has 0 aromatic carbocycles. The van der Waals surface area contributed by atoms with Crippen molar-refractivity contribution in [2.24, 2.45) is 5.92 Å². The summed E-state index contributed by atoms with van der Waals surface area (Å²) in [6.45, 7) is 8.24. The van der Waals surface area contributed by atoms with Gasteiger partial charge in [0.05, 0.1) is 13.2 Å². The number of aromatic nitrogens is 2. The molecule has 1 aromatic rings. The second-order valence-corrected chi connectivity index (χ2v) is 7.46. The van der Waals surface area contributed by atoms with Crippen LogP contribution in [0.2, 0.25) is 0 Å². The van der Waals surface area contributed by atoms with E-state index >= 15 is 0 Å². The summed E-state index contributed by atoms with van der Waals surface area (Å²) in [6, 6.07) is 0.116. The number of nitrogens with zero attached hydrogens (tertiary/aromatic N) is 4. The molecule has 7 heteroatoms. The predicted molar refractivity (Wildman–Crippen MR) is 97.6 cm³/mol. The van der Waals surface area contributed by atoms with Crippen LogP contribution >= 0.6 is 0 Å². The van der Waals surface area contributed by atoms with Crippen LogP contribution in [0.15, 0.2) is 12.4 Å². The molecule has 3 heterocycles. The SMILES string of the molecule is Cc1nccn1[C@H](C)CC(=O)N1CCC(CC(=O)N2CCOCC2)CC1. The Labute approximate surface area is 155 Å². The second-order valence-electron chi connectivity index (χ2n) is 7.46. The molecule has 0 spiro atoms. The molecule has 7 nitrogen and oxygen atoms in total. The van der Waals surface area contributed by atoms with E-state index in [9.17, 15) is 9.59 Å². The first-order chi connectivity index (χ1) is 12.5. The number of rotatable bonds is 5. The smallest absolute Gasteiger partial charge is 0.224 e. The third kappa shape index (κ3) is 4.63. The van der Waals surface area contributed by atoms with Crippen LogP contribution in [-0.2, 0) is 14.3 Å². The lowest BCUT2D eigenvalue weighted by atomic mass is 9.92. The predicted octanol–water partition coefficient (Wildman–Crippen LogP) is 1.63. The standard InChI is InChI=1S/C19H30N4O3/c1-15(23-8-5-20-16(23)2)13-18(24)21-6-3-17(4-7-21)14-19(25)22-9-11-26-12-10-22/h5,8,15,17H,3-4,6-7,9-14H2,1-2H3/t15-/m1/s1. The first-order valence-corrected chi connectivity index (χ1v) is 9.67. The van der Waals surface area contributed by atoms with Gasteiger partial charge in [-0.15, -0.1) is 0 Å². The maximum atomic E-state index is 12.6. The van der Waals surface area contributed by atoms with Crippen LogP contribution < -0.4 is 0 Å². The van der Waals surface area contributed by atoms with Gasteiger partial charge in [0.25, 0.3) is 0 Å². The molecule has 1 aromatic heterocycles. The van der Waals surface area contributed by atoms with Gasteiger partial charge in [0.15, 0.2) is 0 Å². The van der Waals surface area contributed by atoms with E-state index in [0.29, 0.717) is 45.1 Å². The van der Waals surface area contributed by atoms with E-state index in [4.69, 9.17) is 4.74 Å². The molecule has 0 bridgehead atoms. The molecule has 2 amide bonds. The zero-order chi connectivity index (χ0) is 18.5. The van der Waals surface area contributed by atoms with Crippen molar-refractivity contribution in [2.45, 2.75) is 45.6 Å². The highest BCUT2D eigenvalue weighted by molar-refractivity contribution is 5.77. The molecule has 3 rings (SSSR count). The van der Waals surface area contributed by atoms with Gasteiger partial charge in [-0.3, -0.25) is 9.59 Å². The number of amides is 2. The number of hydrogen-bond donors (Lipinski definition) is 0. The average Bonchev–Trinajstić information content (AvgIpc) is 3.09. The highest BCUT2D eigenvalue weighted by Gasteiger charge is 2.27. The van der Waals surface area contributed by atoms with E-state index < -0.39 is 0 Å². The highest BCUT2D eigenvalue weighted by Crippen LogP contribution is 2.23. The summed E-state index contributed by atoms with van der Waals surface area (Å²) in [5, 5.41) is 0. The average molecular weight is 362 g/mol. The van der Waals surface area contributed by atoms with Crippen molar-refractivity contribution in [1.29, 1.82) is 0 Å². The molecular formula is C19H30N4O3. The van der Waals surface area contributed by atoms with Gasteiger partial charge in [-0.2, -0.15) is 0 Å². The Morgan fingerprint density at radius 2 is 1.81 bits per heavy atom. The molecule has 0 aliphatic carbocycles. The number of aryl methyl sites for hydroxylation is 1. The minimum atomic E-state index is 0.116. The lowest BCUT2D eigenvalue weighted by molar-refractivity contribution is -0.137. The Kier molecular flexibility index (Phi) is 6.29. The largest absolute Gasteiger partial charge is 0.378 e. The van der Waals surface area contributed by atoms with Crippen LogP contribution in [0.5, 0.6) is 0 Å². The fourth-order valence-corrected chi connectivity index (χ4v) is 3.91. The second kappa shape index (κ2) is 8.66. The number of ether oxygens (including phenoxy) is 1. The topological polar surface area (TPSA) is 67.7 Å². The molecule has 0 unspecified atom stereocenters. The number of hydrogen-bond acceptors (Lipinski definition) is 4. The number of likely N-dealkylation sites (tertiary alicyclic amines) is 1. The molecular weight excluding hydrogens is 332 g/mol. The fraction of sp³-hybridized carbons (Fsp3) is 0.737. The Hall–Kier alpha value is -1.89.